The molecule has 0 aliphatic rings. The summed E-state index contributed by atoms with van der Waals surface area (Å²) in [6.07, 6.45) is 51.8. The Morgan fingerprint density at radius 3 is 1.06 bits per heavy atom. The molecule has 0 saturated heterocycles. The van der Waals surface area contributed by atoms with Crippen molar-refractivity contribution in [2.75, 3.05) is 6.61 Å². The molecular weight excluding hydrogens is 602 g/mol. The second kappa shape index (κ2) is 41.5. The van der Waals surface area contributed by atoms with E-state index in [0.29, 0.717) is 6.42 Å². The lowest BCUT2D eigenvalue weighted by Gasteiger charge is -2.20. The third-order valence-electron chi connectivity index (χ3n) is 10.5. The van der Waals surface area contributed by atoms with Gasteiger partial charge in [-0.25, -0.2) is 0 Å². The quantitative estimate of drug-likeness (QED) is 0.0441. The number of carbonyl (C=O) groups is 1. The van der Waals surface area contributed by atoms with Crippen LogP contribution in [0.2, 0.25) is 0 Å². The van der Waals surface area contributed by atoms with Gasteiger partial charge < -0.3 is 15.5 Å². The summed E-state index contributed by atoms with van der Waals surface area (Å²) in [6.45, 7) is 4.32. The number of amides is 1. The predicted molar refractivity (Wildman–Crippen MR) is 216 cm³/mol. The van der Waals surface area contributed by atoms with Crippen molar-refractivity contribution in [1.29, 1.82) is 0 Å². The fourth-order valence-electron chi connectivity index (χ4n) is 7.06. The molecule has 4 nitrogen and oxygen atoms in total. The Labute approximate surface area is 307 Å². The van der Waals surface area contributed by atoms with Crippen LogP contribution in [-0.2, 0) is 4.79 Å². The van der Waals surface area contributed by atoms with Crippen LogP contribution in [-0.4, -0.2) is 34.9 Å². The molecule has 1 amide bonds. The van der Waals surface area contributed by atoms with E-state index < -0.39 is 12.1 Å². The van der Waals surface area contributed by atoms with Gasteiger partial charge in [0.25, 0.3) is 0 Å². The van der Waals surface area contributed by atoms with Crippen LogP contribution in [0.3, 0.4) is 0 Å². The number of unbranched alkanes of at least 4 members (excludes halogenated alkanes) is 34. The van der Waals surface area contributed by atoms with Gasteiger partial charge >= 0.3 is 0 Å². The maximum absolute atomic E-state index is 12.4. The molecular formula is C45H89NO3. The van der Waals surface area contributed by atoms with Crippen LogP contribution < -0.4 is 5.32 Å². The maximum Gasteiger partial charge on any atom is 0.220 e. The molecule has 0 fully saturated rings. The first-order chi connectivity index (χ1) is 24.2. The van der Waals surface area contributed by atoms with Crippen LogP contribution in [0.25, 0.3) is 0 Å². The van der Waals surface area contributed by atoms with Crippen molar-refractivity contribution in [1.82, 2.24) is 5.32 Å². The molecule has 0 saturated carbocycles. The summed E-state index contributed by atoms with van der Waals surface area (Å²) in [6, 6.07) is -0.615. The molecule has 0 heterocycles. The number of hydrogen-bond acceptors (Lipinski definition) is 3. The number of aliphatic hydroxyl groups excluding tert-OH is 2. The van der Waals surface area contributed by atoms with Gasteiger partial charge in [-0.3, -0.25) is 4.79 Å². The molecule has 0 aliphatic heterocycles. The summed E-state index contributed by atoms with van der Waals surface area (Å²) in [5.74, 6) is -0.0596. The number of hydrogen-bond donors (Lipinski definition) is 3. The predicted octanol–water partition coefficient (Wildman–Crippen LogP) is 13.9. The number of carbonyl (C=O) groups excluding carboxylic acids is 1. The lowest BCUT2D eigenvalue weighted by molar-refractivity contribution is -0.123. The van der Waals surface area contributed by atoms with E-state index in [1.54, 1.807) is 6.08 Å². The normalized spacial score (nSPS) is 13.0. The van der Waals surface area contributed by atoms with E-state index in [-0.39, 0.29) is 12.5 Å². The highest BCUT2D eigenvalue weighted by Gasteiger charge is 2.17. The number of nitrogens with one attached hydrogen (secondary N) is 1. The highest BCUT2D eigenvalue weighted by atomic mass is 16.3. The lowest BCUT2D eigenvalue weighted by atomic mass is 10.0. The van der Waals surface area contributed by atoms with E-state index >= 15 is 0 Å². The van der Waals surface area contributed by atoms with Crippen molar-refractivity contribution in [3.8, 4) is 0 Å². The highest BCUT2D eigenvalue weighted by Crippen LogP contribution is 2.16. The second-order valence-corrected chi connectivity index (χ2v) is 15.5. The Bertz CT molecular complexity index is 666. The van der Waals surface area contributed by atoms with Crippen LogP contribution >= 0.6 is 0 Å². The molecule has 0 radical (unpaired) electrons. The van der Waals surface area contributed by atoms with Gasteiger partial charge in [-0.15, -0.1) is 0 Å². The van der Waals surface area contributed by atoms with E-state index in [2.05, 4.69) is 19.2 Å². The van der Waals surface area contributed by atoms with E-state index in [1.165, 1.54) is 205 Å². The standard InChI is InChI=1S/C45H89NO3/c1-3-5-7-9-11-13-15-17-18-19-20-21-22-23-24-25-26-27-29-31-33-35-37-39-41-45(49)46-43(42-47)44(48)40-38-36-34-32-30-28-16-14-12-10-8-6-4-2/h38,40,43-44,47-48H,3-37,39,41-42H2,1-2H3,(H,46,49)/b40-38+. The molecule has 4 heteroatoms. The topological polar surface area (TPSA) is 69.6 Å². The Balaban J connectivity index is 3.47. The van der Waals surface area contributed by atoms with Crippen LogP contribution in [0.1, 0.15) is 251 Å². The summed E-state index contributed by atoms with van der Waals surface area (Å²) in [5, 5.41) is 23.0. The lowest BCUT2D eigenvalue weighted by Crippen LogP contribution is -2.45. The maximum atomic E-state index is 12.4. The van der Waals surface area contributed by atoms with E-state index in [4.69, 9.17) is 0 Å². The molecule has 0 bridgehead atoms. The summed E-state index contributed by atoms with van der Waals surface area (Å²) in [7, 11) is 0. The molecule has 2 unspecified atom stereocenters. The average molecular weight is 692 g/mol. The van der Waals surface area contributed by atoms with Gasteiger partial charge in [-0.05, 0) is 19.3 Å². The molecule has 0 spiro atoms. The van der Waals surface area contributed by atoms with Crippen LogP contribution in [0.15, 0.2) is 12.2 Å². The molecule has 0 aliphatic carbocycles. The zero-order valence-corrected chi connectivity index (χ0v) is 33.5. The van der Waals surface area contributed by atoms with E-state index in [9.17, 15) is 15.0 Å². The summed E-state index contributed by atoms with van der Waals surface area (Å²) >= 11 is 0. The average Bonchev–Trinajstić information content (AvgIpc) is 3.10. The Morgan fingerprint density at radius 1 is 0.469 bits per heavy atom. The van der Waals surface area contributed by atoms with Gasteiger partial charge in [-0.1, -0.05) is 238 Å². The minimum absolute atomic E-state index is 0.0596. The summed E-state index contributed by atoms with van der Waals surface area (Å²) in [5.41, 5.74) is 0. The third kappa shape index (κ3) is 38.2. The van der Waals surface area contributed by atoms with Crippen molar-refractivity contribution in [2.24, 2.45) is 0 Å². The fraction of sp³-hybridized carbons (Fsp3) is 0.933. The van der Waals surface area contributed by atoms with Crippen LogP contribution in [0.5, 0.6) is 0 Å². The molecule has 0 rings (SSSR count). The molecule has 0 aromatic rings. The van der Waals surface area contributed by atoms with Crippen molar-refractivity contribution in [3.63, 3.8) is 0 Å². The van der Waals surface area contributed by atoms with E-state index in [0.717, 1.165) is 25.7 Å². The molecule has 3 N–H and O–H groups in total. The Morgan fingerprint density at radius 2 is 0.755 bits per heavy atom. The van der Waals surface area contributed by atoms with Crippen molar-refractivity contribution >= 4 is 5.91 Å². The third-order valence-corrected chi connectivity index (χ3v) is 10.5. The van der Waals surface area contributed by atoms with Crippen molar-refractivity contribution in [2.45, 2.75) is 264 Å². The van der Waals surface area contributed by atoms with Crippen molar-refractivity contribution in [3.05, 3.63) is 12.2 Å². The van der Waals surface area contributed by atoms with Gasteiger partial charge in [0.05, 0.1) is 18.8 Å². The van der Waals surface area contributed by atoms with Crippen LogP contribution in [0, 0.1) is 0 Å². The van der Waals surface area contributed by atoms with Gasteiger partial charge in [0, 0.05) is 6.42 Å². The van der Waals surface area contributed by atoms with Gasteiger partial charge in [0.2, 0.25) is 5.91 Å². The zero-order chi connectivity index (χ0) is 35.7. The minimum Gasteiger partial charge on any atom is -0.394 e. The van der Waals surface area contributed by atoms with E-state index in [1.807, 2.05) is 6.08 Å². The summed E-state index contributed by atoms with van der Waals surface area (Å²) < 4.78 is 0. The SMILES string of the molecule is CCCCCCCCCCCCC/C=C/C(O)C(CO)NC(=O)CCCCCCCCCCCCCCCCCCCCCCCCCC. The van der Waals surface area contributed by atoms with Gasteiger partial charge in [-0.2, -0.15) is 0 Å². The Hall–Kier alpha value is -0.870. The fourth-order valence-corrected chi connectivity index (χ4v) is 7.06. The smallest absolute Gasteiger partial charge is 0.220 e. The molecule has 49 heavy (non-hydrogen) atoms. The van der Waals surface area contributed by atoms with Crippen LogP contribution in [0.4, 0.5) is 0 Å². The van der Waals surface area contributed by atoms with Gasteiger partial charge in [0.15, 0.2) is 0 Å². The van der Waals surface area contributed by atoms with Crippen molar-refractivity contribution < 1.29 is 15.0 Å². The number of allylic oxidation sites excluding steroid dienone is 1. The largest absolute Gasteiger partial charge is 0.394 e. The first-order valence-corrected chi connectivity index (χ1v) is 22.4. The molecule has 0 aromatic carbocycles. The minimum atomic E-state index is -0.833. The first kappa shape index (κ1) is 48.1. The molecule has 0 aromatic heterocycles. The zero-order valence-electron chi connectivity index (χ0n) is 33.5. The molecule has 292 valence electrons. The first-order valence-electron chi connectivity index (χ1n) is 22.4. The monoisotopic (exact) mass is 692 g/mol. The molecule has 2 atom stereocenters. The second-order valence-electron chi connectivity index (χ2n) is 15.5. The highest BCUT2D eigenvalue weighted by molar-refractivity contribution is 5.76. The number of aliphatic hydroxyl groups is 2. The van der Waals surface area contributed by atoms with Gasteiger partial charge in [0.1, 0.15) is 0 Å². The number of rotatable bonds is 41. The summed E-state index contributed by atoms with van der Waals surface area (Å²) in [4.78, 5) is 12.4. The Kier molecular flexibility index (Phi) is 40.8.